The Morgan fingerprint density at radius 3 is 2.54 bits per heavy atom. The summed E-state index contributed by atoms with van der Waals surface area (Å²) in [6, 6.07) is 8.34. The number of rotatable bonds is 4. The van der Waals surface area contributed by atoms with Gasteiger partial charge in [-0.1, -0.05) is 19.9 Å². The van der Waals surface area contributed by atoms with Gasteiger partial charge in [0.2, 0.25) is 5.91 Å². The Kier molecular flexibility index (Phi) is 6.29. The summed E-state index contributed by atoms with van der Waals surface area (Å²) >= 11 is 0. The molecular formula is C26H27F3N2O4. The number of likely N-dealkylation sites (N-methyl/N-ethyl adjacent to an activating group) is 1. The van der Waals surface area contributed by atoms with Crippen LogP contribution in [0.5, 0.6) is 11.5 Å². The molecule has 0 spiro atoms. The van der Waals surface area contributed by atoms with Crippen molar-refractivity contribution in [1.29, 1.82) is 0 Å². The van der Waals surface area contributed by atoms with Gasteiger partial charge in [-0.05, 0) is 55.7 Å². The minimum Gasteiger partial charge on any atom is -0.486 e. The number of hydrogen-bond acceptors (Lipinski definition) is 4. The van der Waals surface area contributed by atoms with E-state index in [0.717, 1.165) is 12.1 Å². The SMILES string of the molecule is CCC1(CC)C/C(=C\C(=O)Nc2ccc3c(c2)N(C)C(=O)C(C)O3)c2ccc(C(F)(F)F)cc2O1. The lowest BCUT2D eigenvalue weighted by atomic mass is 9.83. The molecule has 4 rings (SSSR count). The van der Waals surface area contributed by atoms with Crippen LogP contribution in [0.2, 0.25) is 0 Å². The predicted molar refractivity (Wildman–Crippen MR) is 127 cm³/mol. The van der Waals surface area contributed by atoms with Crippen LogP contribution in [0.25, 0.3) is 5.57 Å². The fraction of sp³-hybridized carbons (Fsp3) is 0.385. The highest BCUT2D eigenvalue weighted by molar-refractivity contribution is 6.06. The Morgan fingerprint density at radius 2 is 1.89 bits per heavy atom. The van der Waals surface area contributed by atoms with Crippen molar-refractivity contribution < 1.29 is 32.2 Å². The summed E-state index contributed by atoms with van der Waals surface area (Å²) in [4.78, 5) is 26.7. The van der Waals surface area contributed by atoms with Gasteiger partial charge in [-0.3, -0.25) is 9.59 Å². The second-order valence-corrected chi connectivity index (χ2v) is 8.88. The van der Waals surface area contributed by atoms with Crippen LogP contribution < -0.4 is 19.7 Å². The third-order valence-corrected chi connectivity index (χ3v) is 6.66. The van der Waals surface area contributed by atoms with Gasteiger partial charge >= 0.3 is 6.18 Å². The summed E-state index contributed by atoms with van der Waals surface area (Å²) < 4.78 is 51.5. The minimum absolute atomic E-state index is 0.119. The van der Waals surface area contributed by atoms with E-state index in [2.05, 4.69) is 5.32 Å². The first-order valence-electron chi connectivity index (χ1n) is 11.5. The van der Waals surface area contributed by atoms with Crippen molar-refractivity contribution in [2.75, 3.05) is 17.3 Å². The molecule has 2 amide bonds. The van der Waals surface area contributed by atoms with Gasteiger partial charge in [-0.25, -0.2) is 0 Å². The van der Waals surface area contributed by atoms with Crippen LogP contribution in [0.15, 0.2) is 42.5 Å². The highest BCUT2D eigenvalue weighted by Gasteiger charge is 2.38. The molecule has 0 aliphatic carbocycles. The molecule has 0 aromatic heterocycles. The van der Waals surface area contributed by atoms with E-state index in [-0.39, 0.29) is 11.7 Å². The van der Waals surface area contributed by atoms with Gasteiger partial charge < -0.3 is 19.7 Å². The van der Waals surface area contributed by atoms with E-state index in [0.29, 0.717) is 47.5 Å². The largest absolute Gasteiger partial charge is 0.486 e. The maximum atomic E-state index is 13.3. The summed E-state index contributed by atoms with van der Waals surface area (Å²) in [5.74, 6) is 0.0166. The van der Waals surface area contributed by atoms with Crippen LogP contribution in [0.4, 0.5) is 24.5 Å². The van der Waals surface area contributed by atoms with Gasteiger partial charge in [0.15, 0.2) is 6.10 Å². The molecule has 0 saturated heterocycles. The Hall–Kier alpha value is -3.49. The number of halogens is 3. The molecule has 1 N–H and O–H groups in total. The number of nitrogens with zero attached hydrogens (tertiary/aromatic N) is 1. The van der Waals surface area contributed by atoms with E-state index in [4.69, 9.17) is 9.47 Å². The number of nitrogens with one attached hydrogen (secondary N) is 1. The topological polar surface area (TPSA) is 67.9 Å². The number of anilines is 2. The molecule has 0 radical (unpaired) electrons. The lowest BCUT2D eigenvalue weighted by Gasteiger charge is -2.39. The number of ether oxygens (including phenoxy) is 2. The Morgan fingerprint density at radius 1 is 1.17 bits per heavy atom. The highest BCUT2D eigenvalue weighted by atomic mass is 19.4. The van der Waals surface area contributed by atoms with Crippen molar-refractivity contribution >= 4 is 28.8 Å². The Labute approximate surface area is 201 Å². The van der Waals surface area contributed by atoms with Crippen LogP contribution in [0.1, 0.15) is 51.2 Å². The summed E-state index contributed by atoms with van der Waals surface area (Å²) in [6.45, 7) is 5.49. The summed E-state index contributed by atoms with van der Waals surface area (Å²) in [7, 11) is 1.64. The molecule has 0 bridgehead atoms. The van der Waals surface area contributed by atoms with Crippen LogP contribution in [0, 0.1) is 0 Å². The zero-order valence-electron chi connectivity index (χ0n) is 20.0. The van der Waals surface area contributed by atoms with Gasteiger partial charge in [0.1, 0.15) is 17.1 Å². The first-order valence-corrected chi connectivity index (χ1v) is 11.5. The Balaban J connectivity index is 1.65. The van der Waals surface area contributed by atoms with Gasteiger partial charge in [-0.2, -0.15) is 13.2 Å². The second-order valence-electron chi connectivity index (χ2n) is 8.88. The van der Waals surface area contributed by atoms with Crippen molar-refractivity contribution in [2.24, 2.45) is 0 Å². The monoisotopic (exact) mass is 488 g/mol. The number of benzene rings is 2. The maximum absolute atomic E-state index is 13.3. The van der Waals surface area contributed by atoms with Crippen molar-refractivity contribution in [3.05, 3.63) is 53.6 Å². The van der Waals surface area contributed by atoms with Crippen molar-refractivity contribution in [3.8, 4) is 11.5 Å². The lowest BCUT2D eigenvalue weighted by molar-refractivity contribution is -0.137. The minimum atomic E-state index is -4.50. The van der Waals surface area contributed by atoms with E-state index >= 15 is 0 Å². The summed E-state index contributed by atoms with van der Waals surface area (Å²) in [5.41, 5.74) is 0.553. The molecule has 9 heteroatoms. The van der Waals surface area contributed by atoms with E-state index < -0.39 is 29.4 Å². The third kappa shape index (κ3) is 4.72. The van der Waals surface area contributed by atoms with Crippen LogP contribution in [-0.2, 0) is 15.8 Å². The first-order chi connectivity index (χ1) is 16.5. The van der Waals surface area contributed by atoms with Crippen molar-refractivity contribution in [2.45, 2.75) is 57.9 Å². The molecule has 2 heterocycles. The zero-order valence-corrected chi connectivity index (χ0v) is 20.0. The summed E-state index contributed by atoms with van der Waals surface area (Å²) in [6.07, 6.45) is -2.16. The molecule has 1 atom stereocenters. The predicted octanol–water partition coefficient (Wildman–Crippen LogP) is 5.81. The maximum Gasteiger partial charge on any atom is 0.416 e. The highest BCUT2D eigenvalue weighted by Crippen LogP contribution is 2.45. The van der Waals surface area contributed by atoms with Gasteiger partial charge in [-0.15, -0.1) is 0 Å². The second kappa shape index (κ2) is 8.94. The number of alkyl halides is 3. The number of carbonyl (C=O) groups is 2. The molecule has 2 aliphatic heterocycles. The van der Waals surface area contributed by atoms with Crippen LogP contribution >= 0.6 is 0 Å². The van der Waals surface area contributed by atoms with E-state index in [9.17, 15) is 22.8 Å². The smallest absolute Gasteiger partial charge is 0.416 e. The molecule has 6 nitrogen and oxygen atoms in total. The number of amides is 2. The van der Waals surface area contributed by atoms with Gasteiger partial charge in [0.05, 0.1) is 11.3 Å². The van der Waals surface area contributed by atoms with Crippen LogP contribution in [-0.4, -0.2) is 30.6 Å². The summed E-state index contributed by atoms with van der Waals surface area (Å²) in [5, 5.41) is 2.79. The number of carbonyl (C=O) groups excluding carboxylic acids is 2. The third-order valence-electron chi connectivity index (χ3n) is 6.66. The fourth-order valence-electron chi connectivity index (χ4n) is 4.46. The molecule has 2 aliphatic rings. The lowest BCUT2D eigenvalue weighted by Crippen LogP contribution is -2.41. The average molecular weight is 489 g/mol. The molecule has 2 aromatic carbocycles. The standard InChI is InChI=1S/C26H27F3N2O4/c1-5-25(6-2)14-16(19-9-7-17(26(27,28)29)12-22(19)35-25)11-23(32)30-18-8-10-21-20(13-18)31(4)24(33)15(3)34-21/h7-13,15H,5-6,14H2,1-4H3,(H,30,32)/b16-11+. The molecule has 0 saturated carbocycles. The molecule has 2 aromatic rings. The fourth-order valence-corrected chi connectivity index (χ4v) is 4.46. The van der Waals surface area contributed by atoms with Crippen LogP contribution in [0.3, 0.4) is 0 Å². The molecular weight excluding hydrogens is 461 g/mol. The van der Waals surface area contributed by atoms with E-state index in [1.54, 1.807) is 32.2 Å². The van der Waals surface area contributed by atoms with Crippen molar-refractivity contribution in [1.82, 2.24) is 0 Å². The quantitative estimate of drug-likeness (QED) is 0.552. The molecule has 186 valence electrons. The number of fused-ring (bicyclic) bond motifs is 2. The van der Waals surface area contributed by atoms with E-state index in [1.807, 2.05) is 13.8 Å². The van der Waals surface area contributed by atoms with Gasteiger partial charge in [0, 0.05) is 30.8 Å². The molecule has 0 fully saturated rings. The average Bonchev–Trinajstić information content (AvgIpc) is 2.82. The normalized spacial score (nSPS) is 20.0. The van der Waals surface area contributed by atoms with E-state index in [1.165, 1.54) is 17.0 Å². The Bertz CT molecular complexity index is 1200. The molecule has 1 unspecified atom stereocenters. The number of hydrogen-bond donors (Lipinski definition) is 1. The van der Waals surface area contributed by atoms with Crippen molar-refractivity contribution in [3.63, 3.8) is 0 Å². The first kappa shape index (κ1) is 24.6. The zero-order chi connectivity index (χ0) is 25.5. The van der Waals surface area contributed by atoms with Gasteiger partial charge in [0.25, 0.3) is 5.91 Å². The molecule has 35 heavy (non-hydrogen) atoms.